The Morgan fingerprint density at radius 1 is 1.35 bits per heavy atom. The third-order valence-electron chi connectivity index (χ3n) is 3.73. The summed E-state index contributed by atoms with van der Waals surface area (Å²) in [6.07, 6.45) is 2.31. The average molecular weight is 252 g/mol. The molecule has 1 atom stereocenters. The normalized spacial score (nSPS) is 18.6. The fraction of sp³-hybridized carbons (Fsp3) is 0.600. The zero-order chi connectivity index (χ0) is 12.3. The second-order valence-corrected chi connectivity index (χ2v) is 6.21. The number of halogens is 1. The molecule has 0 aromatic heterocycles. The van der Waals surface area contributed by atoms with E-state index in [0.717, 1.165) is 31.3 Å². The highest BCUT2D eigenvalue weighted by Gasteiger charge is 2.25. The SMILES string of the molecule is CC(C)(CCCl)CNCC1Cc2ccccc21. The Balaban J connectivity index is 1.75. The molecule has 0 saturated carbocycles. The van der Waals surface area contributed by atoms with Crippen molar-refractivity contribution in [3.63, 3.8) is 0 Å². The monoisotopic (exact) mass is 251 g/mol. The van der Waals surface area contributed by atoms with Crippen LogP contribution in [0.2, 0.25) is 0 Å². The number of hydrogen-bond acceptors (Lipinski definition) is 1. The second kappa shape index (κ2) is 5.41. The number of rotatable bonds is 6. The quantitative estimate of drug-likeness (QED) is 0.763. The van der Waals surface area contributed by atoms with Gasteiger partial charge in [-0.05, 0) is 29.4 Å². The van der Waals surface area contributed by atoms with Gasteiger partial charge in [0.2, 0.25) is 0 Å². The van der Waals surface area contributed by atoms with Gasteiger partial charge in [0.25, 0.3) is 0 Å². The van der Waals surface area contributed by atoms with E-state index in [4.69, 9.17) is 11.6 Å². The molecule has 1 unspecified atom stereocenters. The van der Waals surface area contributed by atoms with Crippen molar-refractivity contribution in [3.8, 4) is 0 Å². The minimum Gasteiger partial charge on any atom is -0.316 e. The van der Waals surface area contributed by atoms with E-state index in [2.05, 4.69) is 43.4 Å². The fourth-order valence-electron chi connectivity index (χ4n) is 2.47. The Kier molecular flexibility index (Phi) is 4.11. The molecule has 1 nitrogen and oxygen atoms in total. The molecule has 1 aliphatic carbocycles. The van der Waals surface area contributed by atoms with Crippen LogP contribution < -0.4 is 5.32 Å². The minimum atomic E-state index is 0.311. The minimum absolute atomic E-state index is 0.311. The van der Waals surface area contributed by atoms with E-state index < -0.39 is 0 Å². The van der Waals surface area contributed by atoms with Crippen LogP contribution in [0.15, 0.2) is 24.3 Å². The maximum atomic E-state index is 5.81. The Morgan fingerprint density at radius 2 is 2.12 bits per heavy atom. The average Bonchev–Trinajstić information content (AvgIpc) is 2.24. The van der Waals surface area contributed by atoms with Gasteiger partial charge in [0, 0.05) is 24.9 Å². The fourth-order valence-corrected chi connectivity index (χ4v) is 2.99. The summed E-state index contributed by atoms with van der Waals surface area (Å²) in [5.41, 5.74) is 3.37. The third kappa shape index (κ3) is 3.23. The first kappa shape index (κ1) is 12.9. The summed E-state index contributed by atoms with van der Waals surface area (Å²) in [6.45, 7) is 6.70. The van der Waals surface area contributed by atoms with Crippen LogP contribution in [0.3, 0.4) is 0 Å². The Labute approximate surface area is 110 Å². The van der Waals surface area contributed by atoms with Crippen molar-refractivity contribution >= 4 is 11.6 Å². The molecule has 2 heteroatoms. The molecular weight excluding hydrogens is 230 g/mol. The summed E-state index contributed by atoms with van der Waals surface area (Å²) in [5, 5.41) is 3.59. The Morgan fingerprint density at radius 3 is 2.82 bits per heavy atom. The van der Waals surface area contributed by atoms with Gasteiger partial charge in [0.1, 0.15) is 0 Å². The number of benzene rings is 1. The summed E-state index contributed by atoms with van der Waals surface area (Å²) < 4.78 is 0. The van der Waals surface area contributed by atoms with E-state index >= 15 is 0 Å². The van der Waals surface area contributed by atoms with Crippen LogP contribution in [-0.4, -0.2) is 19.0 Å². The number of fused-ring (bicyclic) bond motifs is 1. The van der Waals surface area contributed by atoms with Gasteiger partial charge in [-0.2, -0.15) is 0 Å². The summed E-state index contributed by atoms with van der Waals surface area (Å²) in [6, 6.07) is 8.77. The maximum absolute atomic E-state index is 5.81. The Bertz CT molecular complexity index is 373. The molecule has 0 radical (unpaired) electrons. The van der Waals surface area contributed by atoms with Crippen LogP contribution >= 0.6 is 11.6 Å². The van der Waals surface area contributed by atoms with Crippen LogP contribution in [0.1, 0.15) is 37.3 Å². The smallest absolute Gasteiger partial charge is 0.0229 e. The molecule has 0 spiro atoms. The molecule has 94 valence electrons. The van der Waals surface area contributed by atoms with Gasteiger partial charge in [-0.3, -0.25) is 0 Å². The molecule has 0 amide bonds. The third-order valence-corrected chi connectivity index (χ3v) is 3.92. The lowest BCUT2D eigenvalue weighted by molar-refractivity contribution is 0.323. The molecule has 0 bridgehead atoms. The summed E-state index contributed by atoms with van der Waals surface area (Å²) in [7, 11) is 0. The van der Waals surface area contributed by atoms with Gasteiger partial charge < -0.3 is 5.32 Å². The standard InChI is InChI=1S/C15H22ClN/c1-15(2,7-8-16)11-17-10-13-9-12-5-3-4-6-14(12)13/h3-6,13,17H,7-11H2,1-2H3. The van der Waals surface area contributed by atoms with E-state index in [1.165, 1.54) is 17.5 Å². The van der Waals surface area contributed by atoms with Gasteiger partial charge in [-0.15, -0.1) is 11.6 Å². The highest BCUT2D eigenvalue weighted by Crippen LogP contribution is 2.34. The lowest BCUT2D eigenvalue weighted by Crippen LogP contribution is -2.35. The maximum Gasteiger partial charge on any atom is 0.0229 e. The molecule has 0 heterocycles. The molecule has 0 fully saturated rings. The van der Waals surface area contributed by atoms with Crippen molar-refractivity contribution in [1.82, 2.24) is 5.32 Å². The largest absolute Gasteiger partial charge is 0.316 e. The van der Waals surface area contributed by atoms with Gasteiger partial charge in [0.05, 0.1) is 0 Å². The zero-order valence-corrected chi connectivity index (χ0v) is 11.6. The molecular formula is C15H22ClN. The summed E-state index contributed by atoms with van der Waals surface area (Å²) >= 11 is 5.81. The number of alkyl halides is 1. The first-order chi connectivity index (χ1) is 8.12. The molecule has 1 aromatic rings. The second-order valence-electron chi connectivity index (χ2n) is 5.83. The van der Waals surface area contributed by atoms with E-state index in [0.29, 0.717) is 5.41 Å². The highest BCUT2D eigenvalue weighted by molar-refractivity contribution is 6.17. The van der Waals surface area contributed by atoms with E-state index in [9.17, 15) is 0 Å². The van der Waals surface area contributed by atoms with Crippen molar-refractivity contribution in [2.24, 2.45) is 5.41 Å². The van der Waals surface area contributed by atoms with E-state index in [1.54, 1.807) is 0 Å². The lowest BCUT2D eigenvalue weighted by Gasteiger charge is -2.32. The van der Waals surface area contributed by atoms with Crippen molar-refractivity contribution in [1.29, 1.82) is 0 Å². The van der Waals surface area contributed by atoms with Crippen LogP contribution in [-0.2, 0) is 6.42 Å². The van der Waals surface area contributed by atoms with Crippen LogP contribution in [0.25, 0.3) is 0 Å². The van der Waals surface area contributed by atoms with Crippen molar-refractivity contribution in [2.75, 3.05) is 19.0 Å². The van der Waals surface area contributed by atoms with Crippen molar-refractivity contribution < 1.29 is 0 Å². The number of hydrogen-bond donors (Lipinski definition) is 1. The topological polar surface area (TPSA) is 12.0 Å². The first-order valence-corrected chi connectivity index (χ1v) is 7.00. The van der Waals surface area contributed by atoms with Gasteiger partial charge in [0.15, 0.2) is 0 Å². The van der Waals surface area contributed by atoms with E-state index in [-0.39, 0.29) is 0 Å². The van der Waals surface area contributed by atoms with Crippen LogP contribution in [0, 0.1) is 5.41 Å². The van der Waals surface area contributed by atoms with E-state index in [1.807, 2.05) is 0 Å². The van der Waals surface area contributed by atoms with Gasteiger partial charge in [-0.1, -0.05) is 38.1 Å². The molecule has 0 saturated heterocycles. The number of nitrogens with one attached hydrogen (secondary N) is 1. The van der Waals surface area contributed by atoms with Crippen LogP contribution in [0.4, 0.5) is 0 Å². The predicted molar refractivity (Wildman–Crippen MR) is 74.9 cm³/mol. The summed E-state index contributed by atoms with van der Waals surface area (Å²) in [4.78, 5) is 0. The lowest BCUT2D eigenvalue weighted by atomic mass is 9.77. The van der Waals surface area contributed by atoms with Crippen molar-refractivity contribution in [2.45, 2.75) is 32.6 Å². The van der Waals surface area contributed by atoms with Crippen LogP contribution in [0.5, 0.6) is 0 Å². The first-order valence-electron chi connectivity index (χ1n) is 6.47. The van der Waals surface area contributed by atoms with Gasteiger partial charge >= 0.3 is 0 Å². The molecule has 2 rings (SSSR count). The molecule has 17 heavy (non-hydrogen) atoms. The van der Waals surface area contributed by atoms with Crippen molar-refractivity contribution in [3.05, 3.63) is 35.4 Å². The molecule has 1 aliphatic rings. The highest BCUT2D eigenvalue weighted by atomic mass is 35.5. The van der Waals surface area contributed by atoms with Gasteiger partial charge in [-0.25, -0.2) is 0 Å². The Hall–Kier alpha value is -0.530. The molecule has 1 aromatic carbocycles. The predicted octanol–water partition coefficient (Wildman–Crippen LogP) is 3.57. The molecule has 0 aliphatic heterocycles. The zero-order valence-electron chi connectivity index (χ0n) is 10.8. The molecule has 1 N–H and O–H groups in total. The summed E-state index contributed by atoms with van der Waals surface area (Å²) in [5.74, 6) is 1.47.